The van der Waals surface area contributed by atoms with Gasteiger partial charge in [-0.2, -0.15) is 0 Å². The van der Waals surface area contributed by atoms with E-state index in [1.807, 2.05) is 6.07 Å². The second-order valence-corrected chi connectivity index (χ2v) is 5.47. The van der Waals surface area contributed by atoms with Gasteiger partial charge >= 0.3 is 0 Å². The van der Waals surface area contributed by atoms with Gasteiger partial charge in [-0.05, 0) is 44.1 Å². The van der Waals surface area contributed by atoms with Crippen molar-refractivity contribution in [2.45, 2.75) is 19.8 Å². The SMILES string of the molecule is CCCNCCCN1C(=O)C(=O)c2ccc(Br)cc21. The van der Waals surface area contributed by atoms with E-state index in [1.165, 1.54) is 0 Å². The number of fused-ring (bicyclic) bond motifs is 1. The summed E-state index contributed by atoms with van der Waals surface area (Å²) in [6.45, 7) is 4.53. The standard InChI is InChI=1S/C14H17BrN2O2/c1-2-6-16-7-3-8-17-12-9-10(15)4-5-11(12)13(18)14(17)19/h4-5,9,16H,2-3,6-8H2,1H3. The molecule has 0 aromatic heterocycles. The van der Waals surface area contributed by atoms with E-state index in [4.69, 9.17) is 0 Å². The molecule has 4 nitrogen and oxygen atoms in total. The number of hydrogen-bond acceptors (Lipinski definition) is 3. The molecule has 1 N–H and O–H groups in total. The van der Waals surface area contributed by atoms with E-state index < -0.39 is 11.7 Å². The minimum atomic E-state index is -0.413. The average Bonchev–Trinajstić information content (AvgIpc) is 2.63. The van der Waals surface area contributed by atoms with Crippen molar-refractivity contribution in [1.29, 1.82) is 0 Å². The second kappa shape index (κ2) is 6.30. The third-order valence-electron chi connectivity index (χ3n) is 3.10. The molecule has 1 aliphatic heterocycles. The summed E-state index contributed by atoms with van der Waals surface area (Å²) >= 11 is 3.37. The molecule has 0 fully saturated rings. The van der Waals surface area contributed by atoms with Crippen molar-refractivity contribution < 1.29 is 9.59 Å². The first-order chi connectivity index (χ1) is 9.15. The lowest BCUT2D eigenvalue weighted by atomic mass is 10.1. The molecule has 0 bridgehead atoms. The van der Waals surface area contributed by atoms with Gasteiger partial charge in [0.25, 0.3) is 11.7 Å². The van der Waals surface area contributed by atoms with Crippen molar-refractivity contribution in [3.63, 3.8) is 0 Å². The monoisotopic (exact) mass is 324 g/mol. The Balaban J connectivity index is 2.04. The molecule has 0 atom stereocenters. The molecular weight excluding hydrogens is 308 g/mol. The van der Waals surface area contributed by atoms with E-state index in [0.29, 0.717) is 12.1 Å². The number of halogens is 1. The lowest BCUT2D eigenvalue weighted by molar-refractivity contribution is -0.114. The molecule has 1 aromatic carbocycles. The van der Waals surface area contributed by atoms with E-state index >= 15 is 0 Å². The van der Waals surface area contributed by atoms with Crippen molar-refractivity contribution in [3.8, 4) is 0 Å². The molecule has 1 heterocycles. The summed E-state index contributed by atoms with van der Waals surface area (Å²) in [6, 6.07) is 5.32. The van der Waals surface area contributed by atoms with Crippen molar-refractivity contribution in [2.75, 3.05) is 24.5 Å². The summed E-state index contributed by atoms with van der Waals surface area (Å²) in [5.41, 5.74) is 1.23. The number of rotatable bonds is 6. The number of anilines is 1. The van der Waals surface area contributed by atoms with Gasteiger partial charge in [0.2, 0.25) is 0 Å². The van der Waals surface area contributed by atoms with Gasteiger partial charge in [-0.25, -0.2) is 0 Å². The van der Waals surface area contributed by atoms with Gasteiger partial charge in [-0.15, -0.1) is 0 Å². The van der Waals surface area contributed by atoms with Gasteiger partial charge in [-0.1, -0.05) is 22.9 Å². The Morgan fingerprint density at radius 3 is 2.79 bits per heavy atom. The van der Waals surface area contributed by atoms with Crippen LogP contribution in [0, 0.1) is 0 Å². The molecule has 19 heavy (non-hydrogen) atoms. The zero-order valence-electron chi connectivity index (χ0n) is 10.9. The number of carbonyl (C=O) groups is 2. The van der Waals surface area contributed by atoms with Gasteiger partial charge in [0.15, 0.2) is 0 Å². The molecule has 0 unspecified atom stereocenters. The maximum atomic E-state index is 11.9. The van der Waals surface area contributed by atoms with Crippen LogP contribution in [0.2, 0.25) is 0 Å². The Bertz CT molecular complexity index is 502. The summed E-state index contributed by atoms with van der Waals surface area (Å²) in [5, 5.41) is 3.29. The first kappa shape index (κ1) is 14.2. The van der Waals surface area contributed by atoms with Crippen LogP contribution >= 0.6 is 15.9 Å². The number of benzene rings is 1. The second-order valence-electron chi connectivity index (χ2n) is 4.55. The zero-order valence-corrected chi connectivity index (χ0v) is 12.5. The fourth-order valence-corrected chi connectivity index (χ4v) is 2.50. The molecule has 0 radical (unpaired) electrons. The molecule has 1 aliphatic rings. The fourth-order valence-electron chi connectivity index (χ4n) is 2.15. The summed E-state index contributed by atoms with van der Waals surface area (Å²) in [7, 11) is 0. The number of nitrogens with one attached hydrogen (secondary N) is 1. The molecule has 5 heteroatoms. The van der Waals surface area contributed by atoms with E-state index in [-0.39, 0.29) is 0 Å². The molecule has 0 saturated heterocycles. The maximum absolute atomic E-state index is 11.9. The number of carbonyl (C=O) groups excluding carboxylic acids is 2. The van der Waals surface area contributed by atoms with Crippen LogP contribution in [0.25, 0.3) is 0 Å². The quantitative estimate of drug-likeness (QED) is 0.645. The molecule has 0 saturated carbocycles. The van der Waals surface area contributed by atoms with E-state index in [1.54, 1.807) is 17.0 Å². The number of ketones is 1. The van der Waals surface area contributed by atoms with E-state index in [9.17, 15) is 9.59 Å². The summed E-state index contributed by atoms with van der Waals surface area (Å²) in [4.78, 5) is 25.3. The van der Waals surface area contributed by atoms with Gasteiger partial charge < -0.3 is 10.2 Å². The number of Topliss-reactive ketones (excluding diaryl/α,β-unsaturated/α-hetero) is 1. The highest BCUT2D eigenvalue weighted by atomic mass is 79.9. The van der Waals surface area contributed by atoms with Gasteiger partial charge in [-0.3, -0.25) is 9.59 Å². The topological polar surface area (TPSA) is 49.4 Å². The van der Waals surface area contributed by atoms with Crippen molar-refractivity contribution >= 4 is 33.3 Å². The van der Waals surface area contributed by atoms with Crippen LogP contribution in [0.3, 0.4) is 0 Å². The summed E-state index contributed by atoms with van der Waals surface area (Å²) in [5.74, 6) is -0.812. The minimum Gasteiger partial charge on any atom is -0.317 e. The molecule has 0 aliphatic carbocycles. The van der Waals surface area contributed by atoms with Crippen LogP contribution in [0.1, 0.15) is 30.1 Å². The van der Waals surface area contributed by atoms with Crippen molar-refractivity contribution in [1.82, 2.24) is 5.32 Å². The number of hydrogen-bond donors (Lipinski definition) is 1. The van der Waals surface area contributed by atoms with E-state index in [2.05, 4.69) is 28.2 Å². The normalized spacial score (nSPS) is 14.1. The molecule has 2 rings (SSSR count). The smallest absolute Gasteiger partial charge is 0.299 e. The lowest BCUT2D eigenvalue weighted by Gasteiger charge is -2.16. The van der Waals surface area contributed by atoms with Crippen LogP contribution in [0.4, 0.5) is 5.69 Å². The third kappa shape index (κ3) is 3.04. The molecule has 1 amide bonds. The highest BCUT2D eigenvalue weighted by molar-refractivity contribution is 9.10. The Hall–Kier alpha value is -1.20. The minimum absolute atomic E-state index is 0.399. The largest absolute Gasteiger partial charge is 0.317 e. The predicted octanol–water partition coefficient (Wildman–Crippen LogP) is 2.37. The van der Waals surface area contributed by atoms with Crippen LogP contribution < -0.4 is 10.2 Å². The van der Waals surface area contributed by atoms with Crippen LogP contribution in [-0.4, -0.2) is 31.3 Å². The first-order valence-electron chi connectivity index (χ1n) is 6.51. The molecule has 102 valence electrons. The summed E-state index contributed by atoms with van der Waals surface area (Å²) in [6.07, 6.45) is 1.93. The Morgan fingerprint density at radius 2 is 2.05 bits per heavy atom. The van der Waals surface area contributed by atoms with E-state index in [0.717, 1.165) is 36.1 Å². The average molecular weight is 325 g/mol. The lowest BCUT2D eigenvalue weighted by Crippen LogP contribution is -2.32. The fraction of sp³-hybridized carbons (Fsp3) is 0.429. The number of amides is 1. The number of nitrogens with zero attached hydrogens (tertiary/aromatic N) is 1. The van der Waals surface area contributed by atoms with Gasteiger partial charge in [0, 0.05) is 11.0 Å². The maximum Gasteiger partial charge on any atom is 0.299 e. The molecule has 0 spiro atoms. The van der Waals surface area contributed by atoms with Crippen LogP contribution in [-0.2, 0) is 4.79 Å². The highest BCUT2D eigenvalue weighted by Gasteiger charge is 2.35. The zero-order chi connectivity index (χ0) is 13.8. The van der Waals surface area contributed by atoms with Gasteiger partial charge in [0.1, 0.15) is 0 Å². The predicted molar refractivity (Wildman–Crippen MR) is 78.6 cm³/mol. The van der Waals surface area contributed by atoms with Crippen LogP contribution in [0.5, 0.6) is 0 Å². The third-order valence-corrected chi connectivity index (χ3v) is 3.59. The Morgan fingerprint density at radius 1 is 1.26 bits per heavy atom. The first-order valence-corrected chi connectivity index (χ1v) is 7.31. The van der Waals surface area contributed by atoms with Gasteiger partial charge in [0.05, 0.1) is 11.3 Å². The summed E-state index contributed by atoms with van der Waals surface area (Å²) < 4.78 is 0.878. The molecular formula is C14H17BrN2O2. The Kier molecular flexibility index (Phi) is 4.71. The van der Waals surface area contributed by atoms with Crippen molar-refractivity contribution in [3.05, 3.63) is 28.2 Å². The highest BCUT2D eigenvalue weighted by Crippen LogP contribution is 2.31. The Labute approximate surface area is 121 Å². The molecule has 1 aromatic rings. The van der Waals surface area contributed by atoms with Crippen LogP contribution in [0.15, 0.2) is 22.7 Å². The van der Waals surface area contributed by atoms with Crippen molar-refractivity contribution in [2.24, 2.45) is 0 Å².